The van der Waals surface area contributed by atoms with E-state index >= 15 is 0 Å². The number of hydrogen-bond donors (Lipinski definition) is 2. The number of fused-ring (bicyclic) bond motifs is 1. The van der Waals surface area contributed by atoms with E-state index in [1.165, 1.54) is 23.8 Å². The monoisotopic (exact) mass is 412 g/mol. The molecule has 0 aliphatic heterocycles. The maximum atomic E-state index is 14.4. The van der Waals surface area contributed by atoms with Crippen molar-refractivity contribution in [2.45, 2.75) is 20.3 Å². The van der Waals surface area contributed by atoms with E-state index in [1.54, 1.807) is 31.2 Å². The minimum atomic E-state index is -1.17. The Balaban J connectivity index is 2.14. The Morgan fingerprint density at radius 1 is 1.13 bits per heavy atom. The van der Waals surface area contributed by atoms with Gasteiger partial charge in [0.05, 0.1) is 19.0 Å². The number of benzene rings is 2. The highest BCUT2D eigenvalue weighted by molar-refractivity contribution is 6.05. The number of carboxylic acid groups (broad SMARTS) is 1. The van der Waals surface area contributed by atoms with E-state index in [0.717, 1.165) is 5.56 Å². The van der Waals surface area contributed by atoms with E-state index in [4.69, 9.17) is 9.84 Å². The fourth-order valence-corrected chi connectivity index (χ4v) is 3.34. The molecule has 1 amide bonds. The van der Waals surface area contributed by atoms with Gasteiger partial charge >= 0.3 is 5.97 Å². The van der Waals surface area contributed by atoms with Crippen LogP contribution in [0.1, 0.15) is 27.2 Å². The molecule has 3 rings (SSSR count). The second-order valence-corrected chi connectivity index (χ2v) is 6.92. The van der Waals surface area contributed by atoms with Gasteiger partial charge in [-0.2, -0.15) is 0 Å². The zero-order valence-electron chi connectivity index (χ0n) is 16.8. The molecule has 2 N–H and O–H groups in total. The van der Waals surface area contributed by atoms with Crippen LogP contribution in [0.3, 0.4) is 0 Å². The van der Waals surface area contributed by atoms with Crippen molar-refractivity contribution in [2.75, 3.05) is 13.7 Å². The summed E-state index contributed by atoms with van der Waals surface area (Å²) in [5.41, 5.74) is 2.67. The maximum absolute atomic E-state index is 14.4. The number of hydrogen-bond acceptors (Lipinski definition) is 4. The van der Waals surface area contributed by atoms with E-state index in [1.807, 2.05) is 6.92 Å². The van der Waals surface area contributed by atoms with E-state index in [0.29, 0.717) is 27.7 Å². The fraction of sp³-hybridized carbons (Fsp3) is 0.227. The summed E-state index contributed by atoms with van der Waals surface area (Å²) in [6, 6.07) is 9.61. The van der Waals surface area contributed by atoms with Crippen LogP contribution < -0.4 is 10.1 Å². The van der Waals surface area contributed by atoms with Gasteiger partial charge in [0.1, 0.15) is 6.54 Å². The zero-order chi connectivity index (χ0) is 22.0. The Kier molecular flexibility index (Phi) is 5.86. The quantitative estimate of drug-likeness (QED) is 0.649. The van der Waals surface area contributed by atoms with Gasteiger partial charge in [-0.3, -0.25) is 19.0 Å². The first-order valence-corrected chi connectivity index (χ1v) is 9.20. The summed E-state index contributed by atoms with van der Waals surface area (Å²) in [6.45, 7) is 3.05. The summed E-state index contributed by atoms with van der Waals surface area (Å²) >= 11 is 0. The number of rotatable bonds is 6. The summed E-state index contributed by atoms with van der Waals surface area (Å²) in [5, 5.41) is 11.5. The number of carbonyl (C=O) groups excluding carboxylic acids is 2. The van der Waals surface area contributed by atoms with Crippen LogP contribution in [0.25, 0.3) is 10.9 Å². The van der Waals surface area contributed by atoms with Crippen LogP contribution in [0.15, 0.2) is 36.4 Å². The van der Waals surface area contributed by atoms with Crippen molar-refractivity contribution in [3.8, 4) is 5.75 Å². The van der Waals surface area contributed by atoms with E-state index < -0.39 is 24.2 Å². The third kappa shape index (κ3) is 4.03. The zero-order valence-corrected chi connectivity index (χ0v) is 16.8. The number of nitrogens with one attached hydrogen (secondary N) is 1. The van der Waals surface area contributed by atoms with Crippen LogP contribution >= 0.6 is 0 Å². The summed E-state index contributed by atoms with van der Waals surface area (Å²) in [7, 11) is 1.32. The molecular weight excluding hydrogens is 391 g/mol. The Bertz CT molecular complexity index is 1150. The molecule has 3 aromatic rings. The average Bonchev–Trinajstić information content (AvgIpc) is 2.96. The van der Waals surface area contributed by atoms with Crippen molar-refractivity contribution in [3.63, 3.8) is 0 Å². The summed E-state index contributed by atoms with van der Waals surface area (Å²) in [5.74, 6) is -2.71. The number of halogens is 1. The van der Waals surface area contributed by atoms with Gasteiger partial charge in [0.15, 0.2) is 11.6 Å². The summed E-state index contributed by atoms with van der Waals surface area (Å²) in [4.78, 5) is 36.2. The summed E-state index contributed by atoms with van der Waals surface area (Å²) in [6.07, 6.45) is -0.168. The number of nitrogens with zero attached hydrogens (tertiary/aromatic N) is 1. The Labute approximate surface area is 172 Å². The molecule has 30 heavy (non-hydrogen) atoms. The van der Waals surface area contributed by atoms with Crippen LogP contribution in [0.4, 0.5) is 4.39 Å². The Hall–Kier alpha value is -3.68. The predicted octanol–water partition coefficient (Wildman–Crippen LogP) is 2.84. The van der Waals surface area contributed by atoms with Crippen molar-refractivity contribution in [2.24, 2.45) is 0 Å². The molecule has 156 valence electrons. The number of amides is 1. The van der Waals surface area contributed by atoms with Crippen molar-refractivity contribution in [1.29, 1.82) is 0 Å². The molecule has 2 aromatic carbocycles. The molecule has 0 fully saturated rings. The van der Waals surface area contributed by atoms with Crippen molar-refractivity contribution in [1.82, 2.24) is 9.88 Å². The predicted molar refractivity (Wildman–Crippen MR) is 108 cm³/mol. The van der Waals surface area contributed by atoms with Gasteiger partial charge in [0.25, 0.3) is 5.91 Å². The van der Waals surface area contributed by atoms with Crippen molar-refractivity contribution in [3.05, 3.63) is 64.6 Å². The maximum Gasteiger partial charge on any atom is 0.322 e. The van der Waals surface area contributed by atoms with Crippen LogP contribution in [0, 0.1) is 19.7 Å². The highest BCUT2D eigenvalue weighted by Gasteiger charge is 2.23. The van der Waals surface area contributed by atoms with Crippen LogP contribution in [0.2, 0.25) is 0 Å². The highest BCUT2D eigenvalue weighted by atomic mass is 19.1. The second kappa shape index (κ2) is 8.36. The molecule has 0 saturated carbocycles. The molecule has 0 bridgehead atoms. The number of aryl methyl sites for hydroxylation is 1. The number of methoxy groups -OCH3 is 1. The normalized spacial score (nSPS) is 10.8. The lowest BCUT2D eigenvalue weighted by molar-refractivity contribution is -0.137. The number of aromatic nitrogens is 1. The lowest BCUT2D eigenvalue weighted by Gasteiger charge is -2.09. The average molecular weight is 412 g/mol. The van der Waals surface area contributed by atoms with E-state index in [-0.39, 0.29) is 18.1 Å². The smallest absolute Gasteiger partial charge is 0.322 e. The molecule has 0 unspecified atom stereocenters. The molecule has 0 atom stereocenters. The van der Waals surface area contributed by atoms with Gasteiger partial charge in [-0.05, 0) is 37.6 Å². The summed E-state index contributed by atoms with van der Waals surface area (Å²) < 4.78 is 20.9. The molecular formula is C22H21FN2O5. The van der Waals surface area contributed by atoms with Crippen LogP contribution in [-0.2, 0) is 16.0 Å². The van der Waals surface area contributed by atoms with E-state index in [9.17, 15) is 18.8 Å². The van der Waals surface area contributed by atoms with Gasteiger partial charge in [-0.25, -0.2) is 4.39 Å². The molecule has 0 aliphatic rings. The first-order chi connectivity index (χ1) is 14.2. The SMILES string of the molecule is COc1cc2c(CC(=O)NCC(=O)O)c(C)n(C(=O)c3ccc(C)cc3)c2cc1F. The lowest BCUT2D eigenvalue weighted by Crippen LogP contribution is -2.30. The topological polar surface area (TPSA) is 97.6 Å². The first kappa shape index (κ1) is 21.0. The first-order valence-electron chi connectivity index (χ1n) is 9.20. The fourth-order valence-electron chi connectivity index (χ4n) is 3.34. The highest BCUT2D eigenvalue weighted by Crippen LogP contribution is 2.32. The Morgan fingerprint density at radius 3 is 2.40 bits per heavy atom. The number of carboxylic acids is 1. The largest absolute Gasteiger partial charge is 0.494 e. The third-order valence-corrected chi connectivity index (χ3v) is 4.88. The van der Waals surface area contributed by atoms with Crippen LogP contribution in [-0.4, -0.2) is 41.1 Å². The second-order valence-electron chi connectivity index (χ2n) is 6.92. The Morgan fingerprint density at radius 2 is 1.80 bits per heavy atom. The van der Waals surface area contributed by atoms with Gasteiger partial charge < -0.3 is 15.2 Å². The minimum absolute atomic E-state index is 0.0189. The van der Waals surface area contributed by atoms with Crippen LogP contribution in [0.5, 0.6) is 5.75 Å². The van der Waals surface area contributed by atoms with Gasteiger partial charge in [-0.1, -0.05) is 17.7 Å². The molecule has 1 aromatic heterocycles. The minimum Gasteiger partial charge on any atom is -0.494 e. The molecule has 1 heterocycles. The molecule has 8 heteroatoms. The molecule has 0 spiro atoms. The third-order valence-electron chi connectivity index (χ3n) is 4.88. The number of aliphatic carboxylic acids is 1. The van der Waals surface area contributed by atoms with E-state index in [2.05, 4.69) is 5.32 Å². The molecule has 0 aliphatic carbocycles. The number of carbonyl (C=O) groups is 3. The standard InChI is InChI=1S/C22H21FN2O5/c1-12-4-6-14(7-5-12)22(29)25-13(2)15(9-20(26)24-11-21(27)28)16-8-19(30-3)17(23)10-18(16)25/h4-8,10H,9,11H2,1-3H3,(H,24,26)(H,27,28). The van der Waals surface area contributed by atoms with Gasteiger partial charge in [-0.15, -0.1) is 0 Å². The number of ether oxygens (including phenoxy) is 1. The molecule has 7 nitrogen and oxygen atoms in total. The lowest BCUT2D eigenvalue weighted by atomic mass is 10.1. The van der Waals surface area contributed by atoms with Crippen molar-refractivity contribution < 1.29 is 28.6 Å². The molecule has 0 saturated heterocycles. The van der Waals surface area contributed by atoms with Crippen molar-refractivity contribution >= 4 is 28.7 Å². The molecule has 0 radical (unpaired) electrons. The van der Waals surface area contributed by atoms with Gasteiger partial charge in [0.2, 0.25) is 5.91 Å². The van der Waals surface area contributed by atoms with Gasteiger partial charge in [0, 0.05) is 22.7 Å².